The average Bonchev–Trinajstić information content (AvgIpc) is 3.05. The normalized spacial score (nSPS) is 11.3. The number of aromatic nitrogens is 3. The van der Waals surface area contributed by atoms with Gasteiger partial charge < -0.3 is 16.8 Å². The number of rotatable bonds is 2. The number of pyridine rings is 1. The molecule has 3 heterocycles. The molecule has 5 N–H and O–H groups in total. The predicted octanol–water partition coefficient (Wildman–Crippen LogP) is 4.46. The number of carbonyl (C=O) groups excluding carboxylic acids is 1. The van der Waals surface area contributed by atoms with Crippen LogP contribution in [0, 0.1) is 0 Å². The lowest BCUT2D eigenvalue weighted by Crippen LogP contribution is -2.11. The van der Waals surface area contributed by atoms with Crippen LogP contribution in [-0.4, -0.2) is 20.9 Å². The van der Waals surface area contributed by atoms with Crippen LogP contribution in [0.3, 0.4) is 0 Å². The van der Waals surface area contributed by atoms with Crippen LogP contribution in [0.4, 0.5) is 17.1 Å². The zero-order valence-corrected chi connectivity index (χ0v) is 16.4. The molecule has 0 aliphatic rings. The Morgan fingerprint density at radius 2 is 1.62 bits per heavy atom. The highest BCUT2D eigenvalue weighted by Gasteiger charge is 2.22. The summed E-state index contributed by atoms with van der Waals surface area (Å²) >= 11 is 7.05. The Morgan fingerprint density at radius 3 is 2.34 bits per heavy atom. The number of amides is 1. The molecular weight excluding hydrogens is 408 g/mol. The van der Waals surface area contributed by atoms with Crippen molar-refractivity contribution >= 4 is 78.3 Å². The molecule has 2 aromatic carbocycles. The predicted molar refractivity (Wildman–Crippen MR) is 118 cm³/mol. The zero-order chi connectivity index (χ0) is 20.1. The Kier molecular flexibility index (Phi) is 3.97. The van der Waals surface area contributed by atoms with Crippen LogP contribution in [-0.2, 0) is 0 Å². The standard InChI is InChI=1S/C20H13ClN6OS/c21-9-5-7-10(8-6-9)24-19(28)17-15(23)13-14(22)16-18(27-20(13)29-17)26-12-4-2-1-3-11(12)25-16/h1-8H,23H2,(H,24,28)(H2,22,26,27). The lowest BCUT2D eigenvalue weighted by Gasteiger charge is -2.05. The molecule has 29 heavy (non-hydrogen) atoms. The van der Waals surface area contributed by atoms with E-state index in [1.807, 2.05) is 24.3 Å². The molecule has 9 heteroatoms. The van der Waals surface area contributed by atoms with Crippen molar-refractivity contribution in [3.63, 3.8) is 0 Å². The van der Waals surface area contributed by atoms with E-state index in [0.29, 0.717) is 48.2 Å². The number of anilines is 3. The van der Waals surface area contributed by atoms with E-state index in [0.717, 1.165) is 5.52 Å². The summed E-state index contributed by atoms with van der Waals surface area (Å²) in [6.45, 7) is 0. The topological polar surface area (TPSA) is 120 Å². The fourth-order valence-corrected chi connectivity index (χ4v) is 4.25. The molecular formula is C20H13ClN6OS. The van der Waals surface area contributed by atoms with Crippen LogP contribution >= 0.6 is 22.9 Å². The van der Waals surface area contributed by atoms with Gasteiger partial charge in [-0.1, -0.05) is 23.7 Å². The van der Waals surface area contributed by atoms with E-state index in [-0.39, 0.29) is 11.6 Å². The molecule has 5 rings (SSSR count). The van der Waals surface area contributed by atoms with Gasteiger partial charge in [0.1, 0.15) is 15.2 Å². The minimum absolute atomic E-state index is 0.276. The van der Waals surface area contributed by atoms with Gasteiger partial charge in [-0.25, -0.2) is 15.0 Å². The third-order valence-corrected chi connectivity index (χ3v) is 5.87. The average molecular weight is 421 g/mol. The Hall–Kier alpha value is -3.49. The second-order valence-corrected chi connectivity index (χ2v) is 7.83. The number of thiophene rings is 1. The molecule has 3 aromatic heterocycles. The summed E-state index contributed by atoms with van der Waals surface area (Å²) in [5.74, 6) is -0.345. The number of fused-ring (bicyclic) bond motifs is 3. The molecule has 1 amide bonds. The molecule has 0 aliphatic heterocycles. The fourth-order valence-electron chi connectivity index (χ4n) is 3.12. The molecule has 0 bridgehead atoms. The number of nitrogens with two attached hydrogens (primary N) is 2. The lowest BCUT2D eigenvalue weighted by molar-refractivity contribution is 0.103. The quantitative estimate of drug-likeness (QED) is 0.362. The van der Waals surface area contributed by atoms with E-state index in [1.54, 1.807) is 24.3 Å². The number of para-hydroxylation sites is 2. The van der Waals surface area contributed by atoms with Crippen molar-refractivity contribution in [1.29, 1.82) is 0 Å². The zero-order valence-electron chi connectivity index (χ0n) is 14.8. The van der Waals surface area contributed by atoms with Gasteiger partial charge in [0.15, 0.2) is 5.65 Å². The van der Waals surface area contributed by atoms with Gasteiger partial charge in [-0.15, -0.1) is 11.3 Å². The highest BCUT2D eigenvalue weighted by Crippen LogP contribution is 2.39. The first-order chi connectivity index (χ1) is 14.0. The van der Waals surface area contributed by atoms with Crippen molar-refractivity contribution in [2.24, 2.45) is 0 Å². The Bertz CT molecular complexity index is 1430. The highest BCUT2D eigenvalue weighted by atomic mass is 35.5. The van der Waals surface area contributed by atoms with E-state index in [2.05, 4.69) is 20.3 Å². The number of benzene rings is 2. The number of halogens is 1. The molecule has 142 valence electrons. The van der Waals surface area contributed by atoms with E-state index < -0.39 is 0 Å². The molecule has 0 radical (unpaired) electrons. The van der Waals surface area contributed by atoms with E-state index in [9.17, 15) is 4.79 Å². The van der Waals surface area contributed by atoms with E-state index >= 15 is 0 Å². The number of nitrogens with zero attached hydrogens (tertiary/aromatic N) is 3. The van der Waals surface area contributed by atoms with Gasteiger partial charge in [0.25, 0.3) is 5.91 Å². The van der Waals surface area contributed by atoms with Crippen LogP contribution in [0.1, 0.15) is 9.67 Å². The molecule has 0 fully saturated rings. The maximum absolute atomic E-state index is 12.8. The Balaban J connectivity index is 1.65. The summed E-state index contributed by atoms with van der Waals surface area (Å²) in [6, 6.07) is 14.3. The molecule has 0 saturated carbocycles. The lowest BCUT2D eigenvalue weighted by atomic mass is 10.2. The molecule has 0 unspecified atom stereocenters. The number of nitrogens with one attached hydrogen (secondary N) is 1. The summed E-state index contributed by atoms with van der Waals surface area (Å²) in [6.07, 6.45) is 0. The molecule has 5 aromatic rings. The van der Waals surface area contributed by atoms with Crippen LogP contribution < -0.4 is 16.8 Å². The van der Waals surface area contributed by atoms with Gasteiger partial charge >= 0.3 is 0 Å². The number of carbonyl (C=O) groups is 1. The van der Waals surface area contributed by atoms with Crippen molar-refractivity contribution in [1.82, 2.24) is 15.0 Å². The van der Waals surface area contributed by atoms with Gasteiger partial charge in [-0.05, 0) is 36.4 Å². The van der Waals surface area contributed by atoms with Gasteiger partial charge in [0.2, 0.25) is 0 Å². The van der Waals surface area contributed by atoms with Crippen molar-refractivity contribution in [2.75, 3.05) is 16.8 Å². The van der Waals surface area contributed by atoms with Crippen molar-refractivity contribution < 1.29 is 4.79 Å². The Labute approximate surface area is 173 Å². The maximum atomic E-state index is 12.8. The summed E-state index contributed by atoms with van der Waals surface area (Å²) in [5.41, 5.74) is 16.2. The monoisotopic (exact) mass is 420 g/mol. The third kappa shape index (κ3) is 2.89. The number of nitrogen functional groups attached to an aromatic ring is 2. The van der Waals surface area contributed by atoms with Crippen LogP contribution in [0.2, 0.25) is 5.02 Å². The first-order valence-corrected chi connectivity index (χ1v) is 9.81. The molecule has 0 aliphatic carbocycles. The van der Waals surface area contributed by atoms with Gasteiger partial charge in [0.05, 0.1) is 27.8 Å². The highest BCUT2D eigenvalue weighted by molar-refractivity contribution is 7.21. The number of hydrogen-bond donors (Lipinski definition) is 3. The largest absolute Gasteiger partial charge is 0.397 e. The molecule has 0 spiro atoms. The van der Waals surface area contributed by atoms with Crippen molar-refractivity contribution in [2.45, 2.75) is 0 Å². The SMILES string of the molecule is Nc1c(C(=O)Nc2ccc(Cl)cc2)sc2nc3nc4ccccc4nc3c(N)c12. The molecule has 0 atom stereocenters. The summed E-state index contributed by atoms with van der Waals surface area (Å²) < 4.78 is 0. The Morgan fingerprint density at radius 1 is 0.931 bits per heavy atom. The summed E-state index contributed by atoms with van der Waals surface area (Å²) in [4.78, 5) is 27.3. The fraction of sp³-hybridized carbons (Fsp3) is 0. The summed E-state index contributed by atoms with van der Waals surface area (Å²) in [5, 5.41) is 3.91. The third-order valence-electron chi connectivity index (χ3n) is 4.52. The molecule has 7 nitrogen and oxygen atoms in total. The minimum atomic E-state index is -0.345. The van der Waals surface area contributed by atoms with Crippen molar-refractivity contribution in [3.05, 3.63) is 58.4 Å². The number of hydrogen-bond acceptors (Lipinski definition) is 7. The van der Waals surface area contributed by atoms with Crippen LogP contribution in [0.25, 0.3) is 32.4 Å². The van der Waals surface area contributed by atoms with Crippen LogP contribution in [0.5, 0.6) is 0 Å². The second-order valence-electron chi connectivity index (χ2n) is 6.40. The second kappa shape index (κ2) is 6.54. The first-order valence-electron chi connectivity index (χ1n) is 8.62. The van der Waals surface area contributed by atoms with Crippen molar-refractivity contribution in [3.8, 4) is 0 Å². The summed E-state index contributed by atoms with van der Waals surface area (Å²) in [7, 11) is 0. The van der Waals surface area contributed by atoms with Gasteiger partial charge in [-0.2, -0.15) is 0 Å². The minimum Gasteiger partial charge on any atom is -0.397 e. The van der Waals surface area contributed by atoms with Gasteiger partial charge in [-0.3, -0.25) is 4.79 Å². The van der Waals surface area contributed by atoms with E-state index in [4.69, 9.17) is 23.1 Å². The van der Waals surface area contributed by atoms with Crippen LogP contribution in [0.15, 0.2) is 48.5 Å². The molecule has 0 saturated heterocycles. The van der Waals surface area contributed by atoms with Gasteiger partial charge in [0, 0.05) is 10.7 Å². The van der Waals surface area contributed by atoms with E-state index in [1.165, 1.54) is 11.3 Å². The first kappa shape index (κ1) is 17.6. The maximum Gasteiger partial charge on any atom is 0.267 e. The smallest absolute Gasteiger partial charge is 0.267 e.